The van der Waals surface area contributed by atoms with Crippen molar-refractivity contribution >= 4 is 41.0 Å². The molecule has 0 unspecified atom stereocenters. The maximum Gasteiger partial charge on any atom is 0.329 e. The molecule has 2 aliphatic carbocycles. The van der Waals surface area contributed by atoms with Gasteiger partial charge in [-0.1, -0.05) is 17.7 Å². The minimum absolute atomic E-state index is 0.251. The largest absolute Gasteiger partial charge is 0.454 e. The number of hydrogen-bond acceptors (Lipinski definition) is 5. The van der Waals surface area contributed by atoms with Crippen molar-refractivity contribution in [2.75, 3.05) is 11.9 Å². The highest BCUT2D eigenvalue weighted by atomic mass is 35.5. The van der Waals surface area contributed by atoms with Crippen molar-refractivity contribution in [2.24, 2.45) is 23.7 Å². The summed E-state index contributed by atoms with van der Waals surface area (Å²) in [6.07, 6.45) is 2.88. The average molecular weight is 419 g/mol. The Morgan fingerprint density at radius 3 is 2.45 bits per heavy atom. The van der Waals surface area contributed by atoms with E-state index in [1.54, 1.807) is 25.1 Å². The van der Waals surface area contributed by atoms with Crippen molar-refractivity contribution < 1.29 is 23.9 Å². The van der Waals surface area contributed by atoms with Gasteiger partial charge in [-0.25, -0.2) is 4.79 Å². The first kappa shape index (κ1) is 19.9. The Bertz CT molecular complexity index is 873. The van der Waals surface area contributed by atoms with Crippen molar-refractivity contribution in [1.82, 2.24) is 4.90 Å². The Kier molecular flexibility index (Phi) is 5.11. The number of fused-ring (bicyclic) bond motifs is 5. The van der Waals surface area contributed by atoms with E-state index in [0.717, 1.165) is 24.2 Å². The molecule has 0 aromatic heterocycles. The lowest BCUT2D eigenvalue weighted by atomic mass is 9.81. The van der Waals surface area contributed by atoms with Crippen LogP contribution in [0.5, 0.6) is 0 Å². The van der Waals surface area contributed by atoms with Crippen LogP contribution in [0, 0.1) is 30.6 Å². The van der Waals surface area contributed by atoms with Crippen molar-refractivity contribution in [1.29, 1.82) is 0 Å². The van der Waals surface area contributed by atoms with Gasteiger partial charge in [-0.15, -0.1) is 0 Å². The lowest BCUT2D eigenvalue weighted by Gasteiger charge is -2.23. The van der Waals surface area contributed by atoms with E-state index in [-0.39, 0.29) is 35.5 Å². The Hall–Kier alpha value is -2.41. The van der Waals surface area contributed by atoms with Gasteiger partial charge in [0.05, 0.1) is 11.8 Å². The fraction of sp³-hybridized carbons (Fsp3) is 0.524. The average Bonchev–Trinajstić information content (AvgIpc) is 3.37. The molecule has 154 valence electrons. The van der Waals surface area contributed by atoms with E-state index < -0.39 is 24.5 Å². The number of hydrogen-bond donors (Lipinski definition) is 1. The number of anilines is 1. The monoisotopic (exact) mass is 418 g/mol. The third kappa shape index (κ3) is 3.31. The zero-order valence-electron chi connectivity index (χ0n) is 16.3. The Balaban J connectivity index is 1.35. The SMILES string of the molecule is Cc1c(Cl)cccc1NC(=O)COC(=O)[C@H](C)N1C(=O)[C@H]2[C@@H]3CC[C@@H](C3)[C@@H]2C1=O. The van der Waals surface area contributed by atoms with E-state index in [9.17, 15) is 19.2 Å². The summed E-state index contributed by atoms with van der Waals surface area (Å²) >= 11 is 6.03. The maximum atomic E-state index is 12.8. The van der Waals surface area contributed by atoms with Gasteiger partial charge in [0.15, 0.2) is 6.61 Å². The zero-order chi connectivity index (χ0) is 20.9. The van der Waals surface area contributed by atoms with Gasteiger partial charge in [-0.05, 0) is 62.6 Å². The van der Waals surface area contributed by atoms with Gasteiger partial charge in [0.25, 0.3) is 5.91 Å². The number of ether oxygens (including phenoxy) is 1. The molecule has 1 saturated heterocycles. The first-order valence-corrected chi connectivity index (χ1v) is 10.3. The second kappa shape index (κ2) is 7.44. The normalized spacial score (nSPS) is 28.4. The third-order valence-electron chi connectivity index (χ3n) is 6.58. The summed E-state index contributed by atoms with van der Waals surface area (Å²) in [6.45, 7) is 2.73. The number of amides is 3. The highest BCUT2D eigenvalue weighted by molar-refractivity contribution is 6.31. The molecule has 0 spiro atoms. The molecule has 7 nitrogen and oxygen atoms in total. The van der Waals surface area contributed by atoms with Gasteiger partial charge in [0.1, 0.15) is 6.04 Å². The van der Waals surface area contributed by atoms with E-state index in [1.807, 2.05) is 0 Å². The topological polar surface area (TPSA) is 92.8 Å². The molecule has 3 amide bonds. The smallest absolute Gasteiger partial charge is 0.329 e. The van der Waals surface area contributed by atoms with Crippen LogP contribution in [0.15, 0.2) is 18.2 Å². The van der Waals surface area contributed by atoms with Crippen LogP contribution in [-0.4, -0.2) is 41.2 Å². The van der Waals surface area contributed by atoms with E-state index in [0.29, 0.717) is 16.3 Å². The summed E-state index contributed by atoms with van der Waals surface area (Å²) in [7, 11) is 0. The Morgan fingerprint density at radius 2 is 1.83 bits per heavy atom. The standard InChI is InChI=1S/C21H23ClN2O5/c1-10-14(22)4-3-5-15(10)23-16(25)9-29-21(28)11(2)24-19(26)17-12-6-7-13(8-12)18(17)20(24)27/h3-5,11-13,17-18H,6-9H2,1-2H3,(H,23,25)/t11-,12-,13+,17-,18-/m0/s1. The number of imide groups is 1. The molecule has 5 atom stereocenters. The molecule has 3 aliphatic rings. The van der Waals surface area contributed by atoms with E-state index in [2.05, 4.69) is 5.32 Å². The number of rotatable bonds is 5. The summed E-state index contributed by atoms with van der Waals surface area (Å²) in [4.78, 5) is 51.2. The lowest BCUT2D eigenvalue weighted by molar-refractivity contribution is -0.159. The number of halogens is 1. The van der Waals surface area contributed by atoms with Gasteiger partial charge in [0, 0.05) is 10.7 Å². The zero-order valence-corrected chi connectivity index (χ0v) is 17.1. The van der Waals surface area contributed by atoms with E-state index >= 15 is 0 Å². The molecule has 2 saturated carbocycles. The summed E-state index contributed by atoms with van der Waals surface area (Å²) in [5, 5.41) is 3.15. The number of nitrogens with zero attached hydrogens (tertiary/aromatic N) is 1. The quantitative estimate of drug-likeness (QED) is 0.586. The van der Waals surface area contributed by atoms with Crippen LogP contribution < -0.4 is 5.32 Å². The van der Waals surface area contributed by atoms with Crippen LogP contribution in [0.25, 0.3) is 0 Å². The van der Waals surface area contributed by atoms with Gasteiger partial charge in [-0.2, -0.15) is 0 Å². The first-order chi connectivity index (χ1) is 13.8. The maximum absolute atomic E-state index is 12.8. The van der Waals surface area contributed by atoms with Crippen molar-refractivity contribution in [3.05, 3.63) is 28.8 Å². The second-order valence-corrected chi connectivity index (χ2v) is 8.58. The van der Waals surface area contributed by atoms with Gasteiger partial charge in [0.2, 0.25) is 11.8 Å². The van der Waals surface area contributed by atoms with Gasteiger partial charge >= 0.3 is 5.97 Å². The molecule has 4 rings (SSSR count). The fourth-order valence-electron chi connectivity index (χ4n) is 5.11. The van der Waals surface area contributed by atoms with Gasteiger partial charge < -0.3 is 10.1 Å². The Labute approximate surface area is 173 Å². The number of esters is 1. The highest BCUT2D eigenvalue weighted by Gasteiger charge is 2.62. The molecule has 3 fully saturated rings. The van der Waals surface area contributed by atoms with Crippen LogP contribution in [0.4, 0.5) is 5.69 Å². The molecule has 1 heterocycles. The number of benzene rings is 1. The van der Waals surface area contributed by atoms with E-state index in [4.69, 9.17) is 16.3 Å². The van der Waals surface area contributed by atoms with Crippen LogP contribution in [0.1, 0.15) is 31.7 Å². The van der Waals surface area contributed by atoms with Crippen LogP contribution >= 0.6 is 11.6 Å². The minimum Gasteiger partial charge on any atom is -0.454 e. The highest BCUT2D eigenvalue weighted by Crippen LogP contribution is 2.56. The molecule has 2 bridgehead atoms. The summed E-state index contributed by atoms with van der Waals surface area (Å²) < 4.78 is 5.08. The Morgan fingerprint density at radius 1 is 1.21 bits per heavy atom. The number of carbonyl (C=O) groups is 4. The van der Waals surface area contributed by atoms with Crippen molar-refractivity contribution in [3.63, 3.8) is 0 Å². The summed E-state index contributed by atoms with van der Waals surface area (Å²) in [5.74, 6) is -1.90. The first-order valence-electron chi connectivity index (χ1n) is 9.88. The summed E-state index contributed by atoms with van der Waals surface area (Å²) in [6, 6.07) is 4.06. The molecule has 1 N–H and O–H groups in total. The van der Waals surface area contributed by atoms with E-state index in [1.165, 1.54) is 6.92 Å². The minimum atomic E-state index is -1.04. The number of nitrogens with one attached hydrogen (secondary N) is 1. The van der Waals surface area contributed by atoms with Crippen molar-refractivity contribution in [3.8, 4) is 0 Å². The van der Waals surface area contributed by atoms with Crippen molar-refractivity contribution in [2.45, 2.75) is 39.2 Å². The van der Waals surface area contributed by atoms with Crippen LogP contribution in [-0.2, 0) is 23.9 Å². The summed E-state index contributed by atoms with van der Waals surface area (Å²) in [5.41, 5.74) is 1.23. The molecule has 29 heavy (non-hydrogen) atoms. The molecular weight excluding hydrogens is 396 g/mol. The van der Waals surface area contributed by atoms with Crippen LogP contribution in [0.2, 0.25) is 5.02 Å². The molecule has 1 aromatic rings. The van der Waals surface area contributed by atoms with Crippen LogP contribution in [0.3, 0.4) is 0 Å². The third-order valence-corrected chi connectivity index (χ3v) is 6.99. The molecule has 8 heteroatoms. The molecule has 0 radical (unpaired) electrons. The second-order valence-electron chi connectivity index (χ2n) is 8.18. The predicted molar refractivity (Wildman–Crippen MR) is 105 cm³/mol. The number of likely N-dealkylation sites (tertiary alicyclic amines) is 1. The predicted octanol–water partition coefficient (Wildman–Crippen LogP) is 2.55. The molecular formula is C21H23ClN2O5. The fourth-order valence-corrected chi connectivity index (χ4v) is 5.28. The molecule has 1 aliphatic heterocycles. The lowest BCUT2D eigenvalue weighted by Crippen LogP contribution is -2.45. The van der Waals surface area contributed by atoms with Gasteiger partial charge in [-0.3, -0.25) is 19.3 Å². The molecule has 1 aromatic carbocycles. The number of carbonyl (C=O) groups excluding carboxylic acids is 4.